The van der Waals surface area contributed by atoms with Crippen LogP contribution in [0, 0.1) is 6.92 Å². The van der Waals surface area contributed by atoms with Gasteiger partial charge in [0.2, 0.25) is 0 Å². The van der Waals surface area contributed by atoms with Crippen LogP contribution in [0.3, 0.4) is 0 Å². The second kappa shape index (κ2) is 5.66. The Kier molecular flexibility index (Phi) is 3.35. The molecule has 0 unspecified atom stereocenters. The topological polar surface area (TPSA) is 81.7 Å². The number of nitrogens with two attached hydrogens (primary N) is 1. The summed E-state index contributed by atoms with van der Waals surface area (Å²) in [7, 11) is 0. The van der Waals surface area contributed by atoms with Crippen molar-refractivity contribution in [2.45, 2.75) is 6.92 Å². The first-order valence-electron chi connectivity index (χ1n) is 7.59. The first-order valence-corrected chi connectivity index (χ1v) is 7.59. The number of nitrogens with zero attached hydrogens (tertiary/aromatic N) is 4. The first kappa shape index (κ1) is 14.2. The van der Waals surface area contributed by atoms with Gasteiger partial charge >= 0.3 is 0 Å². The fourth-order valence-electron chi connectivity index (χ4n) is 2.58. The van der Waals surface area contributed by atoms with Gasteiger partial charge in [-0.1, -0.05) is 29.8 Å². The molecule has 0 amide bonds. The summed E-state index contributed by atoms with van der Waals surface area (Å²) >= 11 is 0. The number of para-hydroxylation sites is 2. The smallest absolute Gasteiger partial charge is 0.167 e. The number of anilines is 3. The van der Waals surface area contributed by atoms with Crippen LogP contribution in [0.1, 0.15) is 5.56 Å². The lowest BCUT2D eigenvalue weighted by atomic mass is 10.2. The number of aromatic nitrogens is 4. The van der Waals surface area contributed by atoms with Crippen LogP contribution in [-0.2, 0) is 0 Å². The van der Waals surface area contributed by atoms with Crippen LogP contribution in [-0.4, -0.2) is 19.5 Å². The van der Waals surface area contributed by atoms with Crippen molar-refractivity contribution in [1.82, 2.24) is 19.5 Å². The Morgan fingerprint density at radius 2 is 1.75 bits per heavy atom. The molecular weight excluding hydrogens is 300 g/mol. The van der Waals surface area contributed by atoms with Crippen LogP contribution in [0.25, 0.3) is 16.9 Å². The highest BCUT2D eigenvalue weighted by Crippen LogP contribution is 2.27. The van der Waals surface area contributed by atoms with E-state index in [9.17, 15) is 0 Å². The van der Waals surface area contributed by atoms with E-state index in [1.54, 1.807) is 6.33 Å². The van der Waals surface area contributed by atoms with Gasteiger partial charge in [-0.2, -0.15) is 0 Å². The first-order chi connectivity index (χ1) is 11.7. The second-order valence-electron chi connectivity index (χ2n) is 5.55. The minimum absolute atomic E-state index is 0.473. The van der Waals surface area contributed by atoms with Crippen molar-refractivity contribution in [1.29, 1.82) is 0 Å². The van der Waals surface area contributed by atoms with E-state index >= 15 is 0 Å². The molecule has 0 saturated carbocycles. The van der Waals surface area contributed by atoms with Gasteiger partial charge in [0.25, 0.3) is 0 Å². The normalized spacial score (nSPS) is 10.9. The number of aryl methyl sites for hydroxylation is 1. The number of rotatable bonds is 3. The Morgan fingerprint density at radius 1 is 0.958 bits per heavy atom. The van der Waals surface area contributed by atoms with Gasteiger partial charge in [0.05, 0.1) is 11.0 Å². The SMILES string of the molecule is Cc1ccc(Nc2ncnc(-n3cnc4ccccc43)c2N)cc1. The molecule has 0 spiro atoms. The van der Waals surface area contributed by atoms with Crippen LogP contribution in [0.5, 0.6) is 0 Å². The number of hydrogen-bond acceptors (Lipinski definition) is 5. The third kappa shape index (κ3) is 2.44. The Labute approximate surface area is 139 Å². The highest BCUT2D eigenvalue weighted by atomic mass is 15.2. The van der Waals surface area contributed by atoms with E-state index in [-0.39, 0.29) is 0 Å². The van der Waals surface area contributed by atoms with Gasteiger partial charge in [-0.25, -0.2) is 15.0 Å². The largest absolute Gasteiger partial charge is 0.393 e. The Balaban J connectivity index is 1.77. The molecule has 2 aromatic carbocycles. The Bertz CT molecular complexity index is 1000. The molecule has 0 fully saturated rings. The molecule has 4 rings (SSSR count). The molecule has 4 aromatic rings. The highest BCUT2D eigenvalue weighted by Gasteiger charge is 2.12. The van der Waals surface area contributed by atoms with Crippen molar-refractivity contribution in [3.05, 3.63) is 66.7 Å². The third-order valence-corrected chi connectivity index (χ3v) is 3.86. The molecule has 0 aliphatic carbocycles. The summed E-state index contributed by atoms with van der Waals surface area (Å²) in [6.07, 6.45) is 3.22. The third-order valence-electron chi connectivity index (χ3n) is 3.86. The van der Waals surface area contributed by atoms with Crippen molar-refractivity contribution in [3.63, 3.8) is 0 Å². The van der Waals surface area contributed by atoms with Crippen molar-refractivity contribution in [2.24, 2.45) is 0 Å². The fraction of sp³-hybridized carbons (Fsp3) is 0.0556. The molecule has 0 saturated heterocycles. The quantitative estimate of drug-likeness (QED) is 0.605. The van der Waals surface area contributed by atoms with Gasteiger partial charge in [-0.05, 0) is 31.2 Å². The van der Waals surface area contributed by atoms with Gasteiger partial charge in [0.15, 0.2) is 11.6 Å². The summed E-state index contributed by atoms with van der Waals surface area (Å²) in [4.78, 5) is 13.0. The number of hydrogen-bond donors (Lipinski definition) is 2. The monoisotopic (exact) mass is 316 g/mol. The molecule has 3 N–H and O–H groups in total. The van der Waals surface area contributed by atoms with E-state index in [2.05, 4.69) is 20.3 Å². The zero-order valence-corrected chi connectivity index (χ0v) is 13.1. The number of nitrogens with one attached hydrogen (secondary N) is 1. The van der Waals surface area contributed by atoms with Crippen LogP contribution < -0.4 is 11.1 Å². The molecule has 0 radical (unpaired) electrons. The average Bonchev–Trinajstić information content (AvgIpc) is 3.03. The summed E-state index contributed by atoms with van der Waals surface area (Å²) in [5, 5.41) is 3.24. The van der Waals surface area contributed by atoms with Crippen molar-refractivity contribution >= 4 is 28.2 Å². The summed E-state index contributed by atoms with van der Waals surface area (Å²) < 4.78 is 1.87. The predicted octanol–water partition coefficient (Wildman–Crippen LogP) is 3.45. The zero-order valence-electron chi connectivity index (χ0n) is 13.1. The summed E-state index contributed by atoms with van der Waals surface area (Å²) in [6, 6.07) is 15.9. The molecule has 2 heterocycles. The van der Waals surface area contributed by atoms with Gasteiger partial charge < -0.3 is 11.1 Å². The Morgan fingerprint density at radius 3 is 2.58 bits per heavy atom. The van der Waals surface area contributed by atoms with E-state index in [0.29, 0.717) is 17.3 Å². The summed E-state index contributed by atoms with van der Waals surface area (Å²) in [5.41, 5.74) is 10.7. The molecule has 0 aliphatic rings. The van der Waals surface area contributed by atoms with E-state index in [0.717, 1.165) is 16.7 Å². The van der Waals surface area contributed by atoms with Crippen molar-refractivity contribution < 1.29 is 0 Å². The predicted molar refractivity (Wildman–Crippen MR) is 95.5 cm³/mol. The van der Waals surface area contributed by atoms with Gasteiger partial charge in [-0.3, -0.25) is 4.57 Å². The molecule has 0 bridgehead atoms. The maximum absolute atomic E-state index is 6.31. The lowest BCUT2D eigenvalue weighted by molar-refractivity contribution is 1.00. The maximum Gasteiger partial charge on any atom is 0.167 e. The molecule has 118 valence electrons. The number of benzene rings is 2. The standard InChI is InChI=1S/C18H16N6/c1-12-6-8-13(9-7-12)23-17-16(19)18(21-10-20-17)24-11-22-14-4-2-3-5-15(14)24/h2-11H,19H2,1H3,(H,20,21,23). The molecule has 6 heteroatoms. The molecule has 6 nitrogen and oxygen atoms in total. The second-order valence-corrected chi connectivity index (χ2v) is 5.55. The lowest BCUT2D eigenvalue weighted by Crippen LogP contribution is -2.07. The van der Waals surface area contributed by atoms with Crippen LogP contribution in [0.4, 0.5) is 17.2 Å². The fourth-order valence-corrected chi connectivity index (χ4v) is 2.58. The molecule has 0 aliphatic heterocycles. The Hall–Kier alpha value is -3.41. The van der Waals surface area contributed by atoms with Crippen LogP contribution in [0.15, 0.2) is 61.2 Å². The van der Waals surface area contributed by atoms with Gasteiger partial charge in [0.1, 0.15) is 18.3 Å². The molecule has 24 heavy (non-hydrogen) atoms. The van der Waals surface area contributed by atoms with E-state index in [1.165, 1.54) is 11.9 Å². The van der Waals surface area contributed by atoms with Gasteiger partial charge in [0, 0.05) is 5.69 Å². The minimum atomic E-state index is 0.473. The van der Waals surface area contributed by atoms with Crippen molar-refractivity contribution in [2.75, 3.05) is 11.1 Å². The number of imidazole rings is 1. The molecular formula is C18H16N6. The van der Waals surface area contributed by atoms with Gasteiger partial charge in [-0.15, -0.1) is 0 Å². The average molecular weight is 316 g/mol. The summed E-state index contributed by atoms with van der Waals surface area (Å²) in [5.74, 6) is 1.18. The number of fused-ring (bicyclic) bond motifs is 1. The highest BCUT2D eigenvalue weighted by molar-refractivity contribution is 5.81. The minimum Gasteiger partial charge on any atom is -0.393 e. The lowest BCUT2D eigenvalue weighted by Gasteiger charge is -2.12. The van der Waals surface area contributed by atoms with Crippen LogP contribution >= 0.6 is 0 Å². The van der Waals surface area contributed by atoms with E-state index < -0.39 is 0 Å². The summed E-state index contributed by atoms with van der Waals surface area (Å²) in [6.45, 7) is 2.05. The maximum atomic E-state index is 6.31. The number of nitrogen functional groups attached to an aromatic ring is 1. The van der Waals surface area contributed by atoms with Crippen LogP contribution in [0.2, 0.25) is 0 Å². The zero-order chi connectivity index (χ0) is 16.5. The molecule has 0 atom stereocenters. The van der Waals surface area contributed by atoms with E-state index in [1.807, 2.05) is 60.0 Å². The van der Waals surface area contributed by atoms with Crippen molar-refractivity contribution in [3.8, 4) is 5.82 Å². The molecule has 2 aromatic heterocycles. The van der Waals surface area contributed by atoms with E-state index in [4.69, 9.17) is 5.73 Å².